The second-order valence-electron chi connectivity index (χ2n) is 7.44. The molecule has 140 valence electrons. The first-order chi connectivity index (χ1) is 11.8. The van der Waals surface area contributed by atoms with Crippen LogP contribution in [-0.2, 0) is 9.47 Å². The van der Waals surface area contributed by atoms with Gasteiger partial charge in [0.2, 0.25) is 0 Å². The molecule has 0 aliphatic heterocycles. The summed E-state index contributed by atoms with van der Waals surface area (Å²) in [5.74, 6) is 0. The minimum atomic E-state index is -0.507. The molecule has 0 heterocycles. The molecule has 6 heteroatoms. The molecular weight excluding hydrogens is 318 g/mol. The number of nitrogens with two attached hydrogens (primary N) is 1. The van der Waals surface area contributed by atoms with Gasteiger partial charge in [-0.2, -0.15) is 0 Å². The number of hydrogen-bond acceptors (Lipinski definition) is 5. The molecular formula is C19H31N3O3. The lowest BCUT2D eigenvalue weighted by molar-refractivity contribution is 0.0203. The molecule has 1 aromatic carbocycles. The van der Waals surface area contributed by atoms with E-state index >= 15 is 0 Å². The van der Waals surface area contributed by atoms with Crippen LogP contribution in [0.25, 0.3) is 0 Å². The Bertz CT molecular complexity index is 571. The maximum Gasteiger partial charge on any atom is 0.410 e. The van der Waals surface area contributed by atoms with E-state index in [2.05, 4.69) is 17.4 Å². The Morgan fingerprint density at radius 3 is 2.60 bits per heavy atom. The van der Waals surface area contributed by atoms with E-state index in [1.165, 1.54) is 11.1 Å². The molecule has 0 fully saturated rings. The highest BCUT2D eigenvalue weighted by molar-refractivity contribution is 5.68. The van der Waals surface area contributed by atoms with Gasteiger partial charge in [0.15, 0.2) is 0 Å². The summed E-state index contributed by atoms with van der Waals surface area (Å²) in [6.07, 6.45) is 0.569. The second kappa shape index (κ2) is 8.65. The van der Waals surface area contributed by atoms with E-state index in [1.807, 2.05) is 32.9 Å². The average Bonchev–Trinajstić information content (AvgIpc) is 2.86. The molecule has 0 radical (unpaired) electrons. The summed E-state index contributed by atoms with van der Waals surface area (Å²) in [7, 11) is 1.63. The standard InChI is InChI=1S/C19H31N3O3/c1-19(2,3)25-18(23)22(11-12-24-4)10-9-21-17-13-16(20)14-7-5-6-8-15(14)17/h5-8,16-17,21H,9-13,20H2,1-4H3. The Morgan fingerprint density at radius 1 is 1.28 bits per heavy atom. The number of benzene rings is 1. The number of ether oxygens (including phenoxy) is 2. The van der Waals surface area contributed by atoms with Gasteiger partial charge in [0, 0.05) is 38.8 Å². The van der Waals surface area contributed by atoms with Crippen molar-refractivity contribution in [1.29, 1.82) is 0 Å². The fraction of sp³-hybridized carbons (Fsp3) is 0.632. The van der Waals surface area contributed by atoms with Crippen molar-refractivity contribution in [3.05, 3.63) is 35.4 Å². The Balaban J connectivity index is 1.89. The summed E-state index contributed by atoms with van der Waals surface area (Å²) < 4.78 is 10.6. The number of amides is 1. The quantitative estimate of drug-likeness (QED) is 0.791. The highest BCUT2D eigenvalue weighted by Gasteiger charge is 2.28. The van der Waals surface area contributed by atoms with Gasteiger partial charge in [0.05, 0.1) is 6.61 Å². The zero-order valence-electron chi connectivity index (χ0n) is 15.7. The van der Waals surface area contributed by atoms with Gasteiger partial charge in [-0.15, -0.1) is 0 Å². The van der Waals surface area contributed by atoms with Crippen molar-refractivity contribution in [2.45, 2.75) is 44.9 Å². The Kier molecular flexibility index (Phi) is 6.81. The Labute approximate surface area is 150 Å². The van der Waals surface area contributed by atoms with Crippen LogP contribution in [0.3, 0.4) is 0 Å². The SMILES string of the molecule is COCCN(CCNC1CC(N)c2ccccc21)C(=O)OC(C)(C)C. The third kappa shape index (κ3) is 5.70. The van der Waals surface area contributed by atoms with Gasteiger partial charge < -0.3 is 25.4 Å². The lowest BCUT2D eigenvalue weighted by Gasteiger charge is -2.28. The third-order valence-corrected chi connectivity index (χ3v) is 4.25. The predicted molar refractivity (Wildman–Crippen MR) is 98.4 cm³/mol. The molecule has 6 nitrogen and oxygen atoms in total. The van der Waals surface area contributed by atoms with Crippen LogP contribution in [0.15, 0.2) is 24.3 Å². The number of rotatable bonds is 7. The maximum atomic E-state index is 12.3. The topological polar surface area (TPSA) is 76.8 Å². The van der Waals surface area contributed by atoms with Crippen LogP contribution in [0.2, 0.25) is 0 Å². The van der Waals surface area contributed by atoms with E-state index in [4.69, 9.17) is 15.2 Å². The number of hydrogen-bond donors (Lipinski definition) is 2. The van der Waals surface area contributed by atoms with Crippen LogP contribution < -0.4 is 11.1 Å². The molecule has 0 bridgehead atoms. The summed E-state index contributed by atoms with van der Waals surface area (Å²) in [4.78, 5) is 14.0. The van der Waals surface area contributed by atoms with E-state index in [9.17, 15) is 4.79 Å². The number of carbonyl (C=O) groups is 1. The van der Waals surface area contributed by atoms with Crippen molar-refractivity contribution in [3.63, 3.8) is 0 Å². The molecule has 2 rings (SSSR count). The number of methoxy groups -OCH3 is 1. The summed E-state index contributed by atoms with van der Waals surface area (Å²) in [5.41, 5.74) is 8.17. The molecule has 2 unspecified atom stereocenters. The van der Waals surface area contributed by atoms with Crippen molar-refractivity contribution in [2.24, 2.45) is 5.73 Å². The monoisotopic (exact) mass is 349 g/mol. The Morgan fingerprint density at radius 2 is 1.96 bits per heavy atom. The fourth-order valence-electron chi connectivity index (χ4n) is 3.06. The summed E-state index contributed by atoms with van der Waals surface area (Å²) >= 11 is 0. The molecule has 0 saturated carbocycles. The maximum absolute atomic E-state index is 12.3. The Hall–Kier alpha value is -1.63. The average molecular weight is 349 g/mol. The van der Waals surface area contributed by atoms with Gasteiger partial charge >= 0.3 is 6.09 Å². The number of carbonyl (C=O) groups excluding carboxylic acids is 1. The van der Waals surface area contributed by atoms with Crippen LogP contribution in [0.5, 0.6) is 0 Å². The van der Waals surface area contributed by atoms with Gasteiger partial charge in [-0.3, -0.25) is 0 Å². The second-order valence-corrected chi connectivity index (χ2v) is 7.44. The summed E-state index contributed by atoms with van der Waals surface area (Å²) in [6.45, 7) is 7.84. The first kappa shape index (κ1) is 19.7. The zero-order valence-corrected chi connectivity index (χ0v) is 15.7. The molecule has 1 aromatic rings. The molecule has 0 spiro atoms. The van der Waals surface area contributed by atoms with Crippen LogP contribution in [0.1, 0.15) is 50.4 Å². The molecule has 25 heavy (non-hydrogen) atoms. The lowest BCUT2D eigenvalue weighted by Crippen LogP contribution is -2.42. The minimum Gasteiger partial charge on any atom is -0.444 e. The van der Waals surface area contributed by atoms with Crippen LogP contribution in [0.4, 0.5) is 4.79 Å². The van der Waals surface area contributed by atoms with Gasteiger partial charge in [-0.25, -0.2) is 4.79 Å². The summed E-state index contributed by atoms with van der Waals surface area (Å²) in [6, 6.07) is 8.58. The molecule has 1 aliphatic carbocycles. The number of fused-ring (bicyclic) bond motifs is 1. The molecule has 0 aromatic heterocycles. The van der Waals surface area contributed by atoms with Crippen molar-refractivity contribution in [2.75, 3.05) is 33.4 Å². The molecule has 3 N–H and O–H groups in total. The minimum absolute atomic E-state index is 0.0733. The van der Waals surface area contributed by atoms with Gasteiger partial charge in [0.1, 0.15) is 5.60 Å². The normalized spacial score (nSPS) is 19.6. The fourth-order valence-corrected chi connectivity index (χ4v) is 3.06. The highest BCUT2D eigenvalue weighted by Crippen LogP contribution is 2.36. The van der Waals surface area contributed by atoms with E-state index < -0.39 is 5.60 Å². The van der Waals surface area contributed by atoms with Crippen molar-refractivity contribution < 1.29 is 14.3 Å². The number of nitrogens with one attached hydrogen (secondary N) is 1. The smallest absolute Gasteiger partial charge is 0.410 e. The van der Waals surface area contributed by atoms with Crippen molar-refractivity contribution in [3.8, 4) is 0 Å². The first-order valence-electron chi connectivity index (χ1n) is 8.86. The predicted octanol–water partition coefficient (Wildman–Crippen LogP) is 2.60. The molecule has 2 atom stereocenters. The first-order valence-corrected chi connectivity index (χ1v) is 8.86. The lowest BCUT2D eigenvalue weighted by atomic mass is 10.1. The van der Waals surface area contributed by atoms with E-state index in [0.717, 1.165) is 6.42 Å². The van der Waals surface area contributed by atoms with E-state index in [0.29, 0.717) is 26.2 Å². The third-order valence-electron chi connectivity index (χ3n) is 4.25. The van der Waals surface area contributed by atoms with Crippen LogP contribution in [-0.4, -0.2) is 49.9 Å². The molecule has 1 aliphatic rings. The van der Waals surface area contributed by atoms with Gasteiger partial charge in [-0.1, -0.05) is 24.3 Å². The largest absolute Gasteiger partial charge is 0.444 e. The molecule has 0 saturated heterocycles. The van der Waals surface area contributed by atoms with Crippen LogP contribution in [0, 0.1) is 0 Å². The summed E-state index contributed by atoms with van der Waals surface area (Å²) in [5, 5.41) is 3.52. The number of nitrogens with zero attached hydrogens (tertiary/aromatic N) is 1. The van der Waals surface area contributed by atoms with Crippen molar-refractivity contribution in [1.82, 2.24) is 10.2 Å². The molecule has 1 amide bonds. The van der Waals surface area contributed by atoms with E-state index in [-0.39, 0.29) is 18.2 Å². The van der Waals surface area contributed by atoms with E-state index in [1.54, 1.807) is 12.0 Å². The van der Waals surface area contributed by atoms with Gasteiger partial charge in [0.25, 0.3) is 0 Å². The van der Waals surface area contributed by atoms with Crippen molar-refractivity contribution >= 4 is 6.09 Å². The van der Waals surface area contributed by atoms with Gasteiger partial charge in [-0.05, 0) is 38.3 Å². The van der Waals surface area contributed by atoms with Crippen LogP contribution >= 0.6 is 0 Å². The highest BCUT2D eigenvalue weighted by atomic mass is 16.6. The zero-order chi connectivity index (χ0) is 18.4.